The fourth-order valence-electron chi connectivity index (χ4n) is 2.83. The number of carboxylic acids is 1. The van der Waals surface area contributed by atoms with E-state index in [0.717, 1.165) is 5.56 Å². The first-order chi connectivity index (χ1) is 14.4. The second kappa shape index (κ2) is 9.26. The molecular formula is C23H22FNO5. The van der Waals surface area contributed by atoms with E-state index in [0.29, 0.717) is 28.3 Å². The number of hydrogen-bond donors (Lipinski definition) is 1. The number of oxazole rings is 1. The van der Waals surface area contributed by atoms with Crippen LogP contribution in [0.5, 0.6) is 5.75 Å². The number of aromatic nitrogens is 1. The van der Waals surface area contributed by atoms with Gasteiger partial charge in [-0.3, -0.25) is 0 Å². The number of aryl methyl sites for hydroxylation is 2. The number of hydrogen-bond acceptors (Lipinski definition) is 5. The molecule has 0 saturated carbocycles. The summed E-state index contributed by atoms with van der Waals surface area (Å²) >= 11 is 0. The van der Waals surface area contributed by atoms with Crippen LogP contribution in [0.3, 0.4) is 0 Å². The van der Waals surface area contributed by atoms with E-state index in [2.05, 4.69) is 4.98 Å². The molecule has 0 amide bonds. The molecule has 0 atom stereocenters. The second-order valence-corrected chi connectivity index (χ2v) is 6.56. The molecule has 7 heteroatoms. The molecule has 1 N–H and O–H groups in total. The zero-order valence-electron chi connectivity index (χ0n) is 16.9. The van der Waals surface area contributed by atoms with Crippen molar-refractivity contribution in [3.05, 3.63) is 76.6 Å². The Bertz CT molecular complexity index is 1090. The van der Waals surface area contributed by atoms with Crippen molar-refractivity contribution < 1.29 is 28.2 Å². The molecule has 0 fully saturated rings. The van der Waals surface area contributed by atoms with E-state index in [4.69, 9.17) is 13.9 Å². The summed E-state index contributed by atoms with van der Waals surface area (Å²) in [5.41, 5.74) is 2.41. The molecule has 1 heterocycles. The second-order valence-electron chi connectivity index (χ2n) is 6.56. The normalized spacial score (nSPS) is 11.4. The van der Waals surface area contributed by atoms with Gasteiger partial charge in [0.1, 0.15) is 29.6 Å². The van der Waals surface area contributed by atoms with E-state index in [1.165, 1.54) is 12.1 Å². The van der Waals surface area contributed by atoms with Crippen LogP contribution in [0.15, 0.2) is 52.6 Å². The van der Waals surface area contributed by atoms with Crippen molar-refractivity contribution >= 4 is 12.0 Å². The van der Waals surface area contributed by atoms with Gasteiger partial charge >= 0.3 is 5.97 Å². The monoisotopic (exact) mass is 411 g/mol. The molecule has 0 bridgehead atoms. The highest BCUT2D eigenvalue weighted by atomic mass is 19.1. The average molecular weight is 411 g/mol. The smallest absolute Gasteiger partial charge is 0.371 e. The van der Waals surface area contributed by atoms with Gasteiger partial charge in [0.25, 0.3) is 0 Å². The Morgan fingerprint density at radius 1 is 1.23 bits per heavy atom. The molecule has 0 radical (unpaired) electrons. The zero-order valence-corrected chi connectivity index (χ0v) is 16.9. The molecule has 2 aromatic carbocycles. The SMILES string of the molecule is CCOC(=Cc1ccc(OCc2nc(-c3ccccc3F)oc2C)cc1C)C(=O)O. The fraction of sp³-hybridized carbons (Fsp3) is 0.217. The van der Waals surface area contributed by atoms with Crippen molar-refractivity contribution in [1.82, 2.24) is 4.98 Å². The van der Waals surface area contributed by atoms with E-state index in [-0.39, 0.29) is 24.9 Å². The third-order valence-electron chi connectivity index (χ3n) is 4.41. The van der Waals surface area contributed by atoms with Crippen LogP contribution >= 0.6 is 0 Å². The predicted molar refractivity (Wildman–Crippen MR) is 109 cm³/mol. The van der Waals surface area contributed by atoms with Crippen molar-refractivity contribution in [2.45, 2.75) is 27.4 Å². The molecule has 0 saturated heterocycles. The Morgan fingerprint density at radius 3 is 2.67 bits per heavy atom. The number of benzene rings is 2. The van der Waals surface area contributed by atoms with Gasteiger partial charge < -0.3 is 19.0 Å². The molecule has 0 aliphatic rings. The van der Waals surface area contributed by atoms with E-state index < -0.39 is 11.8 Å². The lowest BCUT2D eigenvalue weighted by Gasteiger charge is -2.09. The minimum absolute atomic E-state index is 0.117. The maximum Gasteiger partial charge on any atom is 0.371 e. The van der Waals surface area contributed by atoms with Gasteiger partial charge in [-0.05, 0) is 62.2 Å². The van der Waals surface area contributed by atoms with Crippen molar-refractivity contribution in [3.63, 3.8) is 0 Å². The number of rotatable bonds is 8. The number of carboxylic acid groups (broad SMARTS) is 1. The van der Waals surface area contributed by atoms with Gasteiger partial charge in [-0.2, -0.15) is 0 Å². The van der Waals surface area contributed by atoms with Crippen LogP contribution in [0.4, 0.5) is 4.39 Å². The summed E-state index contributed by atoms with van der Waals surface area (Å²) in [6.45, 7) is 5.74. The summed E-state index contributed by atoms with van der Waals surface area (Å²) in [5, 5.41) is 9.19. The van der Waals surface area contributed by atoms with Gasteiger partial charge in [-0.15, -0.1) is 0 Å². The molecule has 0 aliphatic carbocycles. The van der Waals surface area contributed by atoms with Crippen LogP contribution in [-0.2, 0) is 16.1 Å². The van der Waals surface area contributed by atoms with Gasteiger partial charge in [-0.1, -0.05) is 18.2 Å². The van der Waals surface area contributed by atoms with Crippen LogP contribution in [0.1, 0.15) is 29.5 Å². The van der Waals surface area contributed by atoms with Crippen LogP contribution in [-0.4, -0.2) is 22.7 Å². The van der Waals surface area contributed by atoms with Gasteiger partial charge in [0.15, 0.2) is 0 Å². The van der Waals surface area contributed by atoms with Crippen molar-refractivity contribution in [2.75, 3.05) is 6.61 Å². The number of aliphatic carboxylic acids is 1. The predicted octanol–water partition coefficient (Wildman–Crippen LogP) is 5.14. The highest BCUT2D eigenvalue weighted by Gasteiger charge is 2.15. The van der Waals surface area contributed by atoms with E-state index in [1.54, 1.807) is 50.2 Å². The summed E-state index contributed by atoms with van der Waals surface area (Å²) in [5.74, 6) is -0.298. The fourth-order valence-corrected chi connectivity index (χ4v) is 2.83. The van der Waals surface area contributed by atoms with Crippen LogP contribution in [0.2, 0.25) is 0 Å². The standard InChI is InChI=1S/C23H22FNO5/c1-4-28-21(23(26)27)12-16-9-10-17(11-14(16)2)29-13-20-15(3)30-22(25-20)18-7-5-6-8-19(18)24/h5-12H,4,13H2,1-3H3,(H,26,27). The molecule has 1 aromatic heterocycles. The third kappa shape index (κ3) is 4.86. The molecule has 0 spiro atoms. The number of halogens is 1. The Labute approximate surface area is 173 Å². The minimum atomic E-state index is -1.12. The molecule has 0 aliphatic heterocycles. The van der Waals surface area contributed by atoms with Crippen molar-refractivity contribution in [1.29, 1.82) is 0 Å². The summed E-state index contributed by atoms with van der Waals surface area (Å²) in [7, 11) is 0. The van der Waals surface area contributed by atoms with Crippen LogP contribution in [0.25, 0.3) is 17.5 Å². The summed E-state index contributed by atoms with van der Waals surface area (Å²) in [4.78, 5) is 15.6. The first kappa shape index (κ1) is 21.1. The lowest BCUT2D eigenvalue weighted by Crippen LogP contribution is -2.05. The Hall–Kier alpha value is -3.61. The highest BCUT2D eigenvalue weighted by Crippen LogP contribution is 2.26. The third-order valence-corrected chi connectivity index (χ3v) is 4.41. The maximum atomic E-state index is 14.0. The van der Waals surface area contributed by atoms with Gasteiger partial charge in [0.05, 0.1) is 12.2 Å². The quantitative estimate of drug-likeness (QED) is 0.408. The topological polar surface area (TPSA) is 81.8 Å². The lowest BCUT2D eigenvalue weighted by molar-refractivity contribution is -0.136. The number of carbonyl (C=O) groups is 1. The van der Waals surface area contributed by atoms with Crippen molar-refractivity contribution in [2.24, 2.45) is 0 Å². The molecule has 6 nitrogen and oxygen atoms in total. The van der Waals surface area contributed by atoms with Crippen LogP contribution in [0, 0.1) is 19.7 Å². The molecule has 3 rings (SSSR count). The summed E-state index contributed by atoms with van der Waals surface area (Å²) in [6, 6.07) is 11.6. The molecular weight excluding hydrogens is 389 g/mol. The van der Waals surface area contributed by atoms with Gasteiger partial charge in [0, 0.05) is 0 Å². The Kier molecular flexibility index (Phi) is 6.51. The summed E-state index contributed by atoms with van der Waals surface area (Å²) in [6.07, 6.45) is 1.48. The highest BCUT2D eigenvalue weighted by molar-refractivity contribution is 5.90. The van der Waals surface area contributed by atoms with E-state index in [1.807, 2.05) is 6.92 Å². The van der Waals surface area contributed by atoms with E-state index in [9.17, 15) is 14.3 Å². The molecule has 3 aromatic rings. The lowest BCUT2D eigenvalue weighted by atomic mass is 10.1. The largest absolute Gasteiger partial charge is 0.487 e. The first-order valence-electron chi connectivity index (χ1n) is 9.41. The number of ether oxygens (including phenoxy) is 2. The van der Waals surface area contributed by atoms with Crippen molar-refractivity contribution in [3.8, 4) is 17.2 Å². The molecule has 30 heavy (non-hydrogen) atoms. The van der Waals surface area contributed by atoms with Gasteiger partial charge in [-0.25, -0.2) is 14.2 Å². The van der Waals surface area contributed by atoms with E-state index >= 15 is 0 Å². The number of nitrogens with zero attached hydrogens (tertiary/aromatic N) is 1. The van der Waals surface area contributed by atoms with Crippen LogP contribution < -0.4 is 4.74 Å². The molecule has 0 unspecified atom stereocenters. The zero-order chi connectivity index (χ0) is 21.7. The summed E-state index contributed by atoms with van der Waals surface area (Å²) < 4.78 is 30.5. The Balaban J connectivity index is 1.74. The maximum absolute atomic E-state index is 14.0. The average Bonchev–Trinajstić information content (AvgIpc) is 3.08. The van der Waals surface area contributed by atoms with Gasteiger partial charge in [0.2, 0.25) is 11.6 Å². The molecule has 156 valence electrons. The minimum Gasteiger partial charge on any atom is -0.487 e. The first-order valence-corrected chi connectivity index (χ1v) is 9.41. The Morgan fingerprint density at radius 2 is 2.00 bits per heavy atom.